The molecule has 0 bridgehead atoms. The summed E-state index contributed by atoms with van der Waals surface area (Å²) in [6.45, 7) is 3.43. The maximum atomic E-state index is 10.9. The first kappa shape index (κ1) is 8.28. The zero-order valence-corrected chi connectivity index (χ0v) is 7.27. The maximum Gasteiger partial charge on any atom is 0.160 e. The lowest BCUT2D eigenvalue weighted by atomic mass is 10.1. The van der Waals surface area contributed by atoms with E-state index in [0.29, 0.717) is 5.02 Å². The molecule has 0 spiro atoms. The minimum atomic E-state index is 0.0826. The quantitative estimate of drug-likeness (QED) is 0.590. The molecule has 0 heterocycles. The van der Waals surface area contributed by atoms with Gasteiger partial charge in [0.25, 0.3) is 0 Å². The Bertz CT molecular complexity index is 292. The van der Waals surface area contributed by atoms with Gasteiger partial charge < -0.3 is 0 Å². The molecule has 0 atom stereocenters. The molecule has 0 aromatic heterocycles. The molecule has 0 unspecified atom stereocenters. The van der Waals surface area contributed by atoms with E-state index in [4.69, 9.17) is 11.6 Å². The summed E-state index contributed by atoms with van der Waals surface area (Å²) in [4.78, 5) is 10.9. The van der Waals surface area contributed by atoms with E-state index in [1.807, 2.05) is 6.92 Å². The molecule has 0 fully saturated rings. The van der Waals surface area contributed by atoms with Gasteiger partial charge in [0.15, 0.2) is 5.78 Å². The Morgan fingerprint density at radius 2 is 2.09 bits per heavy atom. The first-order valence-corrected chi connectivity index (χ1v) is 3.76. The van der Waals surface area contributed by atoms with Crippen LogP contribution in [0.4, 0.5) is 0 Å². The van der Waals surface area contributed by atoms with Crippen molar-refractivity contribution in [2.45, 2.75) is 13.8 Å². The molecule has 0 aliphatic carbocycles. The second kappa shape index (κ2) is 3.05. The Morgan fingerprint density at radius 3 is 2.55 bits per heavy atom. The Labute approximate surface area is 71.0 Å². The van der Waals surface area contributed by atoms with E-state index in [1.165, 1.54) is 0 Å². The topological polar surface area (TPSA) is 17.1 Å². The van der Waals surface area contributed by atoms with Crippen molar-refractivity contribution in [3.63, 3.8) is 0 Å². The number of rotatable bonds is 1. The first-order chi connectivity index (χ1) is 5.11. The van der Waals surface area contributed by atoms with Crippen molar-refractivity contribution in [2.75, 3.05) is 0 Å². The molecule has 0 radical (unpaired) electrons. The summed E-state index contributed by atoms with van der Waals surface area (Å²) in [5, 5.41) is 0.674. The second-order valence-corrected chi connectivity index (χ2v) is 2.95. The van der Waals surface area contributed by atoms with Crippen LogP contribution in [0.1, 0.15) is 22.8 Å². The van der Waals surface area contributed by atoms with Gasteiger partial charge in [-0.05, 0) is 37.6 Å². The zero-order chi connectivity index (χ0) is 8.43. The number of benzene rings is 1. The fraction of sp³-hybridized carbons (Fsp3) is 0.222. The highest BCUT2D eigenvalue weighted by atomic mass is 35.5. The Hall–Kier alpha value is -0.820. The molecule has 0 amide bonds. The number of carbonyl (C=O) groups is 1. The van der Waals surface area contributed by atoms with Gasteiger partial charge in [-0.1, -0.05) is 11.6 Å². The summed E-state index contributed by atoms with van der Waals surface area (Å²) in [6, 6.07) is 5.27. The molecule has 0 N–H and O–H groups in total. The van der Waals surface area contributed by atoms with Gasteiger partial charge in [0.05, 0.1) is 0 Å². The number of hydrogen-bond donors (Lipinski definition) is 0. The van der Waals surface area contributed by atoms with E-state index in [9.17, 15) is 4.79 Å². The zero-order valence-electron chi connectivity index (χ0n) is 6.52. The van der Waals surface area contributed by atoms with Gasteiger partial charge in [-0.3, -0.25) is 4.79 Å². The smallest absolute Gasteiger partial charge is 0.160 e. The summed E-state index contributed by atoms with van der Waals surface area (Å²) in [6.07, 6.45) is 0. The van der Waals surface area contributed by atoms with Crippen molar-refractivity contribution in [3.8, 4) is 0 Å². The lowest BCUT2D eigenvalue weighted by molar-refractivity contribution is 0.101. The van der Waals surface area contributed by atoms with Gasteiger partial charge in [0.2, 0.25) is 0 Å². The van der Waals surface area contributed by atoms with Crippen LogP contribution < -0.4 is 0 Å². The number of carbonyl (C=O) groups excluding carboxylic acids is 1. The molecule has 0 aliphatic heterocycles. The summed E-state index contributed by atoms with van der Waals surface area (Å²) < 4.78 is 0. The van der Waals surface area contributed by atoms with Crippen LogP contribution in [0.2, 0.25) is 5.02 Å². The third-order valence-corrected chi connectivity index (χ3v) is 1.80. The standard InChI is InChI=1S/C9H9ClO/c1-6-5-8(10)3-4-9(6)7(2)11/h3-5H,1-2H3. The average Bonchev–Trinajstić information content (AvgIpc) is 1.85. The molecule has 0 saturated heterocycles. The molecule has 2 heteroatoms. The molecular weight excluding hydrogens is 160 g/mol. The normalized spacial score (nSPS) is 9.73. The number of ketones is 1. The highest BCUT2D eigenvalue weighted by Crippen LogP contribution is 2.15. The minimum Gasteiger partial charge on any atom is -0.295 e. The Balaban J connectivity index is 3.20. The molecule has 11 heavy (non-hydrogen) atoms. The van der Waals surface area contributed by atoms with Gasteiger partial charge in [-0.25, -0.2) is 0 Å². The first-order valence-electron chi connectivity index (χ1n) is 3.38. The number of aryl methyl sites for hydroxylation is 1. The van der Waals surface area contributed by atoms with Gasteiger partial charge in [0, 0.05) is 10.6 Å². The fourth-order valence-electron chi connectivity index (χ4n) is 1.02. The van der Waals surface area contributed by atoms with Crippen LogP contribution in [-0.2, 0) is 0 Å². The molecule has 1 aromatic carbocycles. The highest BCUT2D eigenvalue weighted by molar-refractivity contribution is 6.30. The Morgan fingerprint density at radius 1 is 1.45 bits per heavy atom. The van der Waals surface area contributed by atoms with Crippen LogP contribution in [-0.4, -0.2) is 5.78 Å². The predicted molar refractivity (Wildman–Crippen MR) is 46.2 cm³/mol. The average molecular weight is 169 g/mol. The summed E-state index contributed by atoms with van der Waals surface area (Å²) in [7, 11) is 0. The molecule has 1 rings (SSSR count). The lowest BCUT2D eigenvalue weighted by Gasteiger charge is -2.00. The van der Waals surface area contributed by atoms with E-state index in [0.717, 1.165) is 11.1 Å². The lowest BCUT2D eigenvalue weighted by Crippen LogP contribution is -1.94. The van der Waals surface area contributed by atoms with Crippen LogP contribution in [0.15, 0.2) is 18.2 Å². The highest BCUT2D eigenvalue weighted by Gasteiger charge is 2.02. The van der Waals surface area contributed by atoms with Gasteiger partial charge in [0.1, 0.15) is 0 Å². The summed E-state index contributed by atoms with van der Waals surface area (Å²) in [5.74, 6) is 0.0826. The monoisotopic (exact) mass is 168 g/mol. The minimum absolute atomic E-state index is 0.0826. The van der Waals surface area contributed by atoms with Gasteiger partial charge in [-0.15, -0.1) is 0 Å². The Kier molecular flexibility index (Phi) is 2.30. The van der Waals surface area contributed by atoms with Crippen molar-refractivity contribution in [1.82, 2.24) is 0 Å². The SMILES string of the molecule is CC(=O)c1ccc(Cl)cc1C. The van der Waals surface area contributed by atoms with Crippen LogP contribution in [0.3, 0.4) is 0 Å². The number of hydrogen-bond acceptors (Lipinski definition) is 1. The molecule has 0 aliphatic rings. The van der Waals surface area contributed by atoms with Crippen LogP contribution in [0, 0.1) is 6.92 Å². The van der Waals surface area contributed by atoms with Crippen molar-refractivity contribution in [2.24, 2.45) is 0 Å². The fourth-order valence-corrected chi connectivity index (χ4v) is 1.25. The van der Waals surface area contributed by atoms with E-state index < -0.39 is 0 Å². The molecular formula is C9H9ClO. The third-order valence-electron chi connectivity index (χ3n) is 1.57. The van der Waals surface area contributed by atoms with Gasteiger partial charge >= 0.3 is 0 Å². The van der Waals surface area contributed by atoms with Crippen molar-refractivity contribution >= 4 is 17.4 Å². The van der Waals surface area contributed by atoms with E-state index >= 15 is 0 Å². The molecule has 58 valence electrons. The third kappa shape index (κ3) is 1.81. The van der Waals surface area contributed by atoms with E-state index in [1.54, 1.807) is 25.1 Å². The van der Waals surface area contributed by atoms with Crippen molar-refractivity contribution in [1.29, 1.82) is 0 Å². The summed E-state index contributed by atoms with van der Waals surface area (Å²) in [5.41, 5.74) is 1.68. The number of halogens is 1. The largest absolute Gasteiger partial charge is 0.295 e. The predicted octanol–water partition coefficient (Wildman–Crippen LogP) is 2.85. The van der Waals surface area contributed by atoms with Crippen molar-refractivity contribution in [3.05, 3.63) is 34.3 Å². The second-order valence-electron chi connectivity index (χ2n) is 2.52. The van der Waals surface area contributed by atoms with Crippen LogP contribution in [0.25, 0.3) is 0 Å². The molecule has 1 nitrogen and oxygen atoms in total. The van der Waals surface area contributed by atoms with E-state index in [-0.39, 0.29) is 5.78 Å². The van der Waals surface area contributed by atoms with Crippen LogP contribution >= 0.6 is 11.6 Å². The maximum absolute atomic E-state index is 10.9. The number of Topliss-reactive ketones (excluding diaryl/α,β-unsaturated/α-hetero) is 1. The van der Waals surface area contributed by atoms with Crippen molar-refractivity contribution < 1.29 is 4.79 Å². The van der Waals surface area contributed by atoms with E-state index in [2.05, 4.69) is 0 Å². The van der Waals surface area contributed by atoms with Crippen LogP contribution in [0.5, 0.6) is 0 Å². The molecule has 1 aromatic rings. The molecule has 0 saturated carbocycles. The van der Waals surface area contributed by atoms with Gasteiger partial charge in [-0.2, -0.15) is 0 Å². The summed E-state index contributed by atoms with van der Waals surface area (Å²) >= 11 is 5.71.